The van der Waals surface area contributed by atoms with Crippen LogP contribution in [0, 0.1) is 6.92 Å². The molecule has 0 spiro atoms. The third-order valence-corrected chi connectivity index (χ3v) is 3.86. The van der Waals surface area contributed by atoms with E-state index in [2.05, 4.69) is 28.0 Å². The van der Waals surface area contributed by atoms with E-state index >= 15 is 0 Å². The molecule has 0 bridgehead atoms. The maximum atomic E-state index is 12.0. The summed E-state index contributed by atoms with van der Waals surface area (Å²) in [5.74, 6) is -0.177. The van der Waals surface area contributed by atoms with E-state index in [0.29, 0.717) is 5.02 Å². The minimum Gasteiger partial charge on any atom is -0.376 e. The van der Waals surface area contributed by atoms with Gasteiger partial charge in [-0.3, -0.25) is 4.79 Å². The van der Waals surface area contributed by atoms with Gasteiger partial charge in [-0.1, -0.05) is 48.9 Å². The number of halogens is 1. The number of hydrogen-bond acceptors (Lipinski definition) is 3. The number of nitrogens with one attached hydrogen (secondary N) is 2. The third kappa shape index (κ3) is 5.70. The highest BCUT2D eigenvalue weighted by Gasteiger charge is 2.04. The lowest BCUT2D eigenvalue weighted by molar-refractivity contribution is -0.119. The Morgan fingerprint density at radius 1 is 1.17 bits per heavy atom. The molecule has 0 atom stereocenters. The monoisotopic (exact) mass is 343 g/mol. The van der Waals surface area contributed by atoms with Gasteiger partial charge in [-0.25, -0.2) is 5.43 Å². The number of rotatable bonds is 7. The van der Waals surface area contributed by atoms with Crippen molar-refractivity contribution in [3.05, 3.63) is 64.7 Å². The predicted molar refractivity (Wildman–Crippen MR) is 101 cm³/mol. The Bertz CT molecular complexity index is 714. The zero-order valence-corrected chi connectivity index (χ0v) is 14.7. The van der Waals surface area contributed by atoms with Crippen molar-refractivity contribution in [2.75, 3.05) is 11.9 Å². The number of hydrogen-bond donors (Lipinski definition) is 2. The molecule has 1 amide bonds. The highest BCUT2D eigenvalue weighted by Crippen LogP contribution is 2.19. The molecule has 2 aromatic rings. The molecule has 2 rings (SSSR count). The van der Waals surface area contributed by atoms with E-state index in [4.69, 9.17) is 11.6 Å². The van der Waals surface area contributed by atoms with Gasteiger partial charge in [-0.15, -0.1) is 0 Å². The van der Waals surface area contributed by atoms with Gasteiger partial charge in [0.15, 0.2) is 0 Å². The SMILES string of the molecule is CCC(Cc1ccccc1)=NNC(=O)CNc1ccc(Cl)cc1C. The average Bonchev–Trinajstić information content (AvgIpc) is 2.58. The van der Waals surface area contributed by atoms with E-state index in [-0.39, 0.29) is 12.5 Å². The summed E-state index contributed by atoms with van der Waals surface area (Å²) < 4.78 is 0. The van der Waals surface area contributed by atoms with Crippen molar-refractivity contribution < 1.29 is 4.79 Å². The number of benzene rings is 2. The van der Waals surface area contributed by atoms with E-state index < -0.39 is 0 Å². The largest absolute Gasteiger partial charge is 0.376 e. The molecular weight excluding hydrogens is 322 g/mol. The number of carbonyl (C=O) groups is 1. The minimum atomic E-state index is -0.177. The normalized spacial score (nSPS) is 11.2. The fourth-order valence-electron chi connectivity index (χ4n) is 2.26. The van der Waals surface area contributed by atoms with Gasteiger partial charge in [0.2, 0.25) is 0 Å². The lowest BCUT2D eigenvalue weighted by Crippen LogP contribution is -2.27. The van der Waals surface area contributed by atoms with Crippen LogP contribution in [-0.4, -0.2) is 18.2 Å². The fourth-order valence-corrected chi connectivity index (χ4v) is 2.48. The molecule has 0 aromatic heterocycles. The Kier molecular flexibility index (Phi) is 6.82. The number of anilines is 1. The number of nitrogens with zero attached hydrogens (tertiary/aromatic N) is 1. The highest BCUT2D eigenvalue weighted by molar-refractivity contribution is 6.30. The lowest BCUT2D eigenvalue weighted by atomic mass is 10.1. The van der Waals surface area contributed by atoms with Gasteiger partial charge in [-0.2, -0.15) is 5.10 Å². The van der Waals surface area contributed by atoms with Gasteiger partial charge in [0.05, 0.1) is 6.54 Å². The van der Waals surface area contributed by atoms with Crippen LogP contribution in [0.25, 0.3) is 0 Å². The summed E-state index contributed by atoms with van der Waals surface area (Å²) >= 11 is 5.92. The van der Waals surface area contributed by atoms with Crippen LogP contribution < -0.4 is 10.7 Å². The molecule has 0 fully saturated rings. The summed E-state index contributed by atoms with van der Waals surface area (Å²) in [5, 5.41) is 8.01. The van der Waals surface area contributed by atoms with Crippen LogP contribution in [0.1, 0.15) is 24.5 Å². The summed E-state index contributed by atoms with van der Waals surface area (Å²) in [4.78, 5) is 12.0. The van der Waals surface area contributed by atoms with E-state index in [1.54, 1.807) is 6.07 Å². The van der Waals surface area contributed by atoms with Crippen molar-refractivity contribution in [3.8, 4) is 0 Å². The third-order valence-electron chi connectivity index (χ3n) is 3.63. The first kappa shape index (κ1) is 18.0. The molecule has 24 heavy (non-hydrogen) atoms. The van der Waals surface area contributed by atoms with Crippen LogP contribution in [-0.2, 0) is 11.2 Å². The second kappa shape index (κ2) is 9.08. The van der Waals surface area contributed by atoms with Gasteiger partial charge in [0, 0.05) is 22.8 Å². The Morgan fingerprint density at radius 2 is 1.92 bits per heavy atom. The standard InChI is InChI=1S/C19H22ClN3O/c1-3-17(12-15-7-5-4-6-8-15)22-23-19(24)13-21-18-10-9-16(20)11-14(18)2/h4-11,21H,3,12-13H2,1-2H3,(H,23,24). The van der Waals surface area contributed by atoms with Crippen LogP contribution in [0.3, 0.4) is 0 Å². The predicted octanol–water partition coefficient (Wildman–Crippen LogP) is 4.19. The molecule has 0 aliphatic carbocycles. The Morgan fingerprint density at radius 3 is 2.58 bits per heavy atom. The van der Waals surface area contributed by atoms with Gasteiger partial charge in [-0.05, 0) is 42.7 Å². The molecule has 0 saturated carbocycles. The molecule has 5 heteroatoms. The number of amides is 1. The molecule has 126 valence electrons. The zero-order chi connectivity index (χ0) is 17.4. The van der Waals surface area contributed by atoms with Crippen LogP contribution in [0.2, 0.25) is 5.02 Å². The molecule has 0 heterocycles. The Hall–Kier alpha value is -2.33. The van der Waals surface area contributed by atoms with E-state index in [9.17, 15) is 4.79 Å². The number of hydrazone groups is 1. The van der Waals surface area contributed by atoms with Crippen LogP contribution in [0.5, 0.6) is 0 Å². The quantitative estimate of drug-likeness (QED) is 0.585. The maximum Gasteiger partial charge on any atom is 0.259 e. The fraction of sp³-hybridized carbons (Fsp3) is 0.263. The van der Waals surface area contributed by atoms with Crippen LogP contribution in [0.4, 0.5) is 5.69 Å². The molecule has 2 aromatic carbocycles. The first-order valence-electron chi connectivity index (χ1n) is 7.96. The summed E-state index contributed by atoms with van der Waals surface area (Å²) in [6.07, 6.45) is 1.53. The molecule has 0 aliphatic rings. The summed E-state index contributed by atoms with van der Waals surface area (Å²) in [5.41, 5.74) is 6.62. The summed E-state index contributed by atoms with van der Waals surface area (Å²) in [7, 11) is 0. The van der Waals surface area contributed by atoms with Gasteiger partial charge in [0.1, 0.15) is 0 Å². The average molecular weight is 344 g/mol. The first-order valence-corrected chi connectivity index (χ1v) is 8.34. The van der Waals surface area contributed by atoms with Crippen LogP contribution in [0.15, 0.2) is 53.6 Å². The molecule has 0 unspecified atom stereocenters. The number of carbonyl (C=O) groups excluding carboxylic acids is 1. The zero-order valence-electron chi connectivity index (χ0n) is 14.0. The van der Waals surface area contributed by atoms with Crippen molar-refractivity contribution in [1.29, 1.82) is 0 Å². The Balaban J connectivity index is 1.86. The molecule has 0 radical (unpaired) electrons. The van der Waals surface area contributed by atoms with Gasteiger partial charge < -0.3 is 5.32 Å². The van der Waals surface area contributed by atoms with Gasteiger partial charge in [0.25, 0.3) is 5.91 Å². The van der Waals surface area contributed by atoms with Crippen molar-refractivity contribution in [3.63, 3.8) is 0 Å². The van der Waals surface area contributed by atoms with Gasteiger partial charge >= 0.3 is 0 Å². The molecule has 0 aliphatic heterocycles. The second-order valence-corrected chi connectivity index (χ2v) is 5.98. The van der Waals surface area contributed by atoms with E-state index in [0.717, 1.165) is 29.8 Å². The summed E-state index contributed by atoms with van der Waals surface area (Å²) in [6, 6.07) is 15.6. The molecular formula is C19H22ClN3O. The van der Waals surface area contributed by atoms with E-state index in [1.807, 2.05) is 44.2 Å². The van der Waals surface area contributed by atoms with Crippen molar-refractivity contribution >= 4 is 28.9 Å². The maximum absolute atomic E-state index is 12.0. The van der Waals surface area contributed by atoms with Crippen molar-refractivity contribution in [2.24, 2.45) is 5.10 Å². The first-order chi connectivity index (χ1) is 11.6. The molecule has 4 nitrogen and oxygen atoms in total. The van der Waals surface area contributed by atoms with Crippen molar-refractivity contribution in [1.82, 2.24) is 5.43 Å². The number of aryl methyl sites for hydroxylation is 1. The van der Waals surface area contributed by atoms with Crippen molar-refractivity contribution in [2.45, 2.75) is 26.7 Å². The highest BCUT2D eigenvalue weighted by atomic mass is 35.5. The second-order valence-electron chi connectivity index (χ2n) is 5.54. The topological polar surface area (TPSA) is 53.5 Å². The van der Waals surface area contributed by atoms with E-state index in [1.165, 1.54) is 5.56 Å². The smallest absolute Gasteiger partial charge is 0.259 e. The minimum absolute atomic E-state index is 0.161. The Labute approximate surface area is 147 Å². The summed E-state index contributed by atoms with van der Waals surface area (Å²) in [6.45, 7) is 4.14. The molecule has 2 N–H and O–H groups in total. The van der Waals surface area contributed by atoms with Crippen LogP contribution >= 0.6 is 11.6 Å². The molecule has 0 saturated heterocycles. The lowest BCUT2D eigenvalue weighted by Gasteiger charge is -2.09.